The lowest BCUT2D eigenvalue weighted by molar-refractivity contribution is 0.112. The smallest absolute Gasteiger partial charge is 0.150 e. The molecule has 0 bridgehead atoms. The van der Waals surface area contributed by atoms with Gasteiger partial charge in [0.1, 0.15) is 12.0 Å². The Morgan fingerprint density at radius 2 is 2.23 bits per heavy atom. The molecular formula is C10H11BrO2. The SMILES string of the molecule is CCCOc1cc(Br)cc(C=O)c1. The Hall–Kier alpha value is -0.830. The zero-order chi connectivity index (χ0) is 9.68. The van der Waals surface area contributed by atoms with Crippen LogP contribution in [-0.2, 0) is 0 Å². The van der Waals surface area contributed by atoms with Crippen LogP contribution in [0.1, 0.15) is 23.7 Å². The molecule has 0 fully saturated rings. The van der Waals surface area contributed by atoms with Crippen LogP contribution in [-0.4, -0.2) is 12.9 Å². The van der Waals surface area contributed by atoms with Gasteiger partial charge in [-0.3, -0.25) is 4.79 Å². The van der Waals surface area contributed by atoms with Crippen LogP contribution >= 0.6 is 15.9 Å². The lowest BCUT2D eigenvalue weighted by atomic mass is 10.2. The van der Waals surface area contributed by atoms with Crippen LogP contribution in [0.4, 0.5) is 0 Å². The Labute approximate surface area is 86.0 Å². The van der Waals surface area contributed by atoms with Gasteiger partial charge in [-0.2, -0.15) is 0 Å². The summed E-state index contributed by atoms with van der Waals surface area (Å²) in [4.78, 5) is 10.5. The molecule has 0 aliphatic heterocycles. The maximum Gasteiger partial charge on any atom is 0.150 e. The Kier molecular flexibility index (Phi) is 3.96. The quantitative estimate of drug-likeness (QED) is 0.759. The van der Waals surface area contributed by atoms with Crippen molar-refractivity contribution in [3.05, 3.63) is 28.2 Å². The van der Waals surface area contributed by atoms with E-state index in [0.29, 0.717) is 12.2 Å². The summed E-state index contributed by atoms with van der Waals surface area (Å²) >= 11 is 3.31. The molecule has 0 saturated carbocycles. The van der Waals surface area contributed by atoms with Gasteiger partial charge in [-0.15, -0.1) is 0 Å². The molecule has 0 aromatic heterocycles. The minimum Gasteiger partial charge on any atom is -0.494 e. The first kappa shape index (κ1) is 10.3. The first-order valence-corrected chi connectivity index (χ1v) is 4.94. The molecule has 1 aromatic carbocycles. The Morgan fingerprint density at radius 3 is 2.85 bits per heavy atom. The van der Waals surface area contributed by atoms with E-state index in [2.05, 4.69) is 15.9 Å². The molecule has 0 spiro atoms. The molecule has 2 nitrogen and oxygen atoms in total. The van der Waals surface area contributed by atoms with E-state index < -0.39 is 0 Å². The first-order chi connectivity index (χ1) is 6.26. The summed E-state index contributed by atoms with van der Waals surface area (Å²) < 4.78 is 6.25. The first-order valence-electron chi connectivity index (χ1n) is 4.15. The molecule has 1 aromatic rings. The van der Waals surface area contributed by atoms with Gasteiger partial charge < -0.3 is 4.74 Å². The highest BCUT2D eigenvalue weighted by atomic mass is 79.9. The lowest BCUT2D eigenvalue weighted by Gasteiger charge is -2.05. The number of hydrogen-bond donors (Lipinski definition) is 0. The molecule has 70 valence electrons. The van der Waals surface area contributed by atoms with Gasteiger partial charge in [0.2, 0.25) is 0 Å². The molecule has 0 radical (unpaired) electrons. The maximum absolute atomic E-state index is 10.5. The van der Waals surface area contributed by atoms with E-state index >= 15 is 0 Å². The van der Waals surface area contributed by atoms with Crippen molar-refractivity contribution in [2.24, 2.45) is 0 Å². The fourth-order valence-corrected chi connectivity index (χ4v) is 1.45. The molecule has 0 aliphatic carbocycles. The van der Waals surface area contributed by atoms with Crippen LogP contribution in [0.15, 0.2) is 22.7 Å². The monoisotopic (exact) mass is 242 g/mol. The van der Waals surface area contributed by atoms with Crippen molar-refractivity contribution < 1.29 is 9.53 Å². The van der Waals surface area contributed by atoms with Crippen LogP contribution in [0, 0.1) is 0 Å². The second-order valence-corrected chi connectivity index (χ2v) is 3.60. The minimum absolute atomic E-state index is 0.625. The van der Waals surface area contributed by atoms with Crippen molar-refractivity contribution in [3.8, 4) is 5.75 Å². The van der Waals surface area contributed by atoms with E-state index in [-0.39, 0.29) is 0 Å². The van der Waals surface area contributed by atoms with Gasteiger partial charge >= 0.3 is 0 Å². The van der Waals surface area contributed by atoms with E-state index in [9.17, 15) is 4.79 Å². The Bertz CT molecular complexity index is 297. The average molecular weight is 243 g/mol. The highest BCUT2D eigenvalue weighted by molar-refractivity contribution is 9.10. The molecule has 0 amide bonds. The van der Waals surface area contributed by atoms with Crippen molar-refractivity contribution in [2.75, 3.05) is 6.61 Å². The number of rotatable bonds is 4. The van der Waals surface area contributed by atoms with E-state index in [1.165, 1.54) is 0 Å². The van der Waals surface area contributed by atoms with Crippen molar-refractivity contribution in [1.82, 2.24) is 0 Å². The summed E-state index contributed by atoms with van der Waals surface area (Å²) in [5.41, 5.74) is 0.625. The van der Waals surface area contributed by atoms with Crippen LogP contribution < -0.4 is 4.74 Å². The van der Waals surface area contributed by atoms with Crippen molar-refractivity contribution in [1.29, 1.82) is 0 Å². The predicted octanol–water partition coefficient (Wildman–Crippen LogP) is 3.05. The summed E-state index contributed by atoms with van der Waals surface area (Å²) in [6, 6.07) is 5.34. The normalized spacial score (nSPS) is 9.69. The molecular weight excluding hydrogens is 232 g/mol. The molecule has 1 rings (SSSR count). The zero-order valence-electron chi connectivity index (χ0n) is 7.42. The Balaban J connectivity index is 2.81. The van der Waals surface area contributed by atoms with E-state index in [1.807, 2.05) is 13.0 Å². The van der Waals surface area contributed by atoms with Crippen LogP contribution in [0.25, 0.3) is 0 Å². The van der Waals surface area contributed by atoms with Gasteiger partial charge in [-0.1, -0.05) is 22.9 Å². The summed E-state index contributed by atoms with van der Waals surface area (Å²) in [6.45, 7) is 2.72. The third-order valence-electron chi connectivity index (χ3n) is 1.50. The van der Waals surface area contributed by atoms with Crippen molar-refractivity contribution in [2.45, 2.75) is 13.3 Å². The van der Waals surface area contributed by atoms with Gasteiger partial charge in [-0.05, 0) is 24.6 Å². The number of benzene rings is 1. The predicted molar refractivity (Wildman–Crippen MR) is 55.3 cm³/mol. The molecule has 0 atom stereocenters. The number of ether oxygens (including phenoxy) is 1. The number of aldehydes is 1. The number of halogens is 1. The minimum atomic E-state index is 0.625. The van der Waals surface area contributed by atoms with Crippen molar-refractivity contribution in [3.63, 3.8) is 0 Å². The molecule has 0 N–H and O–H groups in total. The Morgan fingerprint density at radius 1 is 1.46 bits per heavy atom. The summed E-state index contributed by atoms with van der Waals surface area (Å²) in [6.07, 6.45) is 1.77. The third kappa shape index (κ3) is 3.19. The lowest BCUT2D eigenvalue weighted by Crippen LogP contribution is -1.95. The van der Waals surface area contributed by atoms with Crippen molar-refractivity contribution >= 4 is 22.2 Å². The number of hydrogen-bond acceptors (Lipinski definition) is 2. The van der Waals surface area contributed by atoms with E-state index in [0.717, 1.165) is 22.9 Å². The maximum atomic E-state index is 10.5. The van der Waals surface area contributed by atoms with Gasteiger partial charge in [0, 0.05) is 10.0 Å². The van der Waals surface area contributed by atoms with Gasteiger partial charge in [0.05, 0.1) is 6.61 Å². The number of carbonyl (C=O) groups excluding carboxylic acids is 1. The van der Waals surface area contributed by atoms with Gasteiger partial charge in [-0.25, -0.2) is 0 Å². The summed E-state index contributed by atoms with van der Waals surface area (Å²) in [5.74, 6) is 0.735. The van der Waals surface area contributed by atoms with Crippen LogP contribution in [0.2, 0.25) is 0 Å². The summed E-state index contributed by atoms with van der Waals surface area (Å²) in [7, 11) is 0. The zero-order valence-corrected chi connectivity index (χ0v) is 9.00. The average Bonchev–Trinajstić information content (AvgIpc) is 2.14. The van der Waals surface area contributed by atoms with E-state index in [4.69, 9.17) is 4.74 Å². The fourth-order valence-electron chi connectivity index (χ4n) is 0.956. The third-order valence-corrected chi connectivity index (χ3v) is 1.96. The van der Waals surface area contributed by atoms with Crippen LogP contribution in [0.3, 0.4) is 0 Å². The standard InChI is InChI=1S/C10H11BrO2/c1-2-3-13-10-5-8(7-12)4-9(11)6-10/h4-7H,2-3H2,1H3. The highest BCUT2D eigenvalue weighted by Gasteiger charge is 1.98. The fraction of sp³-hybridized carbons (Fsp3) is 0.300. The number of carbonyl (C=O) groups is 1. The molecule has 3 heteroatoms. The van der Waals surface area contributed by atoms with Crippen LogP contribution in [0.5, 0.6) is 5.75 Å². The van der Waals surface area contributed by atoms with Gasteiger partial charge in [0.15, 0.2) is 0 Å². The van der Waals surface area contributed by atoms with Gasteiger partial charge in [0.25, 0.3) is 0 Å². The topological polar surface area (TPSA) is 26.3 Å². The van der Waals surface area contributed by atoms with E-state index in [1.54, 1.807) is 12.1 Å². The second-order valence-electron chi connectivity index (χ2n) is 2.69. The highest BCUT2D eigenvalue weighted by Crippen LogP contribution is 2.20. The molecule has 13 heavy (non-hydrogen) atoms. The molecule has 0 unspecified atom stereocenters. The largest absolute Gasteiger partial charge is 0.494 e. The molecule has 0 saturated heterocycles. The molecule has 0 aliphatic rings. The summed E-state index contributed by atoms with van der Waals surface area (Å²) in [5, 5.41) is 0. The molecule has 0 heterocycles. The second kappa shape index (κ2) is 5.02.